The molecule has 10 nitrogen and oxygen atoms in total. The number of H-pyrrole nitrogens is 2. The zero-order valence-corrected chi connectivity index (χ0v) is 27.8. The van der Waals surface area contributed by atoms with Crippen LogP contribution in [-0.4, -0.2) is 63.1 Å². The highest BCUT2D eigenvalue weighted by molar-refractivity contribution is 5.86. The second-order valence-corrected chi connectivity index (χ2v) is 12.6. The first-order valence-corrected chi connectivity index (χ1v) is 16.5. The number of hydrogen-bond donors (Lipinski definition) is 4. The first kappa shape index (κ1) is 32.6. The second kappa shape index (κ2) is 14.6. The molecule has 2 aliphatic heterocycles. The SMILES string of the molecule is COC(=O)N[C@H](C(=O)N1CCCC1c1ncc(-c2ccc(C#CC#Cc3cnc(C4CCCN4)[nH]3)c(-c3ccccc3C)c2)[nH]1)C(C)C. The maximum atomic E-state index is 13.6. The Kier molecular flexibility index (Phi) is 9.94. The van der Waals surface area contributed by atoms with E-state index >= 15 is 0 Å². The molecule has 2 fully saturated rings. The number of carbonyl (C=O) groups excluding carboxylic acids is 2. The number of amides is 2. The third-order valence-electron chi connectivity index (χ3n) is 9.05. The fraction of sp³-hybridized carbons (Fsp3) is 0.368. The van der Waals surface area contributed by atoms with Gasteiger partial charge in [-0.25, -0.2) is 14.8 Å². The number of benzene rings is 2. The predicted octanol–water partition coefficient (Wildman–Crippen LogP) is 5.65. The number of aromatic nitrogens is 4. The topological polar surface area (TPSA) is 128 Å². The molecule has 2 amide bonds. The first-order valence-electron chi connectivity index (χ1n) is 16.5. The Balaban J connectivity index is 1.25. The van der Waals surface area contributed by atoms with Crippen LogP contribution in [-0.2, 0) is 9.53 Å². The van der Waals surface area contributed by atoms with Crippen LogP contribution in [0.1, 0.15) is 80.1 Å². The van der Waals surface area contributed by atoms with Gasteiger partial charge in [0.1, 0.15) is 23.4 Å². The van der Waals surface area contributed by atoms with E-state index in [1.807, 2.05) is 49.2 Å². The lowest BCUT2D eigenvalue weighted by Gasteiger charge is -2.30. The number of aryl methyl sites for hydroxylation is 1. The van der Waals surface area contributed by atoms with Crippen LogP contribution in [0.4, 0.5) is 4.79 Å². The van der Waals surface area contributed by atoms with Crippen molar-refractivity contribution in [3.05, 3.63) is 83.3 Å². The summed E-state index contributed by atoms with van der Waals surface area (Å²) < 4.78 is 4.77. The van der Waals surface area contributed by atoms with Gasteiger partial charge in [-0.2, -0.15) is 0 Å². The summed E-state index contributed by atoms with van der Waals surface area (Å²) in [7, 11) is 1.30. The number of likely N-dealkylation sites (tertiary alicyclic amines) is 1. The summed E-state index contributed by atoms with van der Waals surface area (Å²) in [6, 6.07) is 13.8. The van der Waals surface area contributed by atoms with Gasteiger partial charge >= 0.3 is 6.09 Å². The van der Waals surface area contributed by atoms with Crippen molar-refractivity contribution in [1.82, 2.24) is 35.5 Å². The Morgan fingerprint density at radius 3 is 2.56 bits per heavy atom. The standard InChI is InChI=1S/C38H41N7O3/c1-24(2)34(44-38(47)48-4)37(46)45-20-10-16-33(45)36-41-23-32(43-36)27-18-17-26(30(21-27)29-14-8-5-11-25(29)3)12-6-7-13-28-22-40-35(42-28)31-15-9-19-39-31/h5,8,11,14,17-18,21-24,31,33-34,39H,9-10,15-16,19-20H2,1-4H3,(H,40,42)(H,41,43)(H,44,47)/t31?,33?,34-/m0/s1. The van der Waals surface area contributed by atoms with E-state index in [0.29, 0.717) is 6.54 Å². The molecule has 0 saturated carbocycles. The van der Waals surface area contributed by atoms with Gasteiger partial charge in [-0.15, -0.1) is 0 Å². The average Bonchev–Trinajstić information content (AvgIpc) is 3.92. The molecule has 10 heteroatoms. The number of ether oxygens (including phenoxy) is 1. The summed E-state index contributed by atoms with van der Waals surface area (Å²) in [5.41, 5.74) is 6.64. The number of aromatic amines is 2. The smallest absolute Gasteiger partial charge is 0.407 e. The molecule has 0 radical (unpaired) electrons. The van der Waals surface area contributed by atoms with E-state index in [1.54, 1.807) is 6.20 Å². The fourth-order valence-corrected chi connectivity index (χ4v) is 6.46. The summed E-state index contributed by atoms with van der Waals surface area (Å²) in [6.45, 7) is 7.51. The lowest BCUT2D eigenvalue weighted by Crippen LogP contribution is -2.51. The Hall–Kier alpha value is -5.32. The van der Waals surface area contributed by atoms with Gasteiger partial charge in [0.05, 0.1) is 37.3 Å². The molecule has 6 rings (SSSR count). The van der Waals surface area contributed by atoms with Crippen molar-refractivity contribution in [1.29, 1.82) is 0 Å². The molecular formula is C38H41N7O3. The maximum absolute atomic E-state index is 13.6. The van der Waals surface area contributed by atoms with Crippen LogP contribution in [0.2, 0.25) is 0 Å². The quantitative estimate of drug-likeness (QED) is 0.193. The van der Waals surface area contributed by atoms with Gasteiger partial charge < -0.3 is 30.2 Å². The molecule has 2 saturated heterocycles. The molecule has 2 aliphatic rings. The number of alkyl carbamates (subject to hydrolysis) is 1. The molecule has 4 N–H and O–H groups in total. The van der Waals surface area contributed by atoms with Gasteiger partial charge in [0, 0.05) is 17.7 Å². The van der Waals surface area contributed by atoms with Gasteiger partial charge in [-0.05, 0) is 91.7 Å². The molecule has 2 unspecified atom stereocenters. The number of rotatable bonds is 7. The summed E-state index contributed by atoms with van der Waals surface area (Å²) in [5.74, 6) is 13.8. The molecule has 2 aromatic heterocycles. The van der Waals surface area contributed by atoms with Crippen LogP contribution in [0.25, 0.3) is 22.4 Å². The third kappa shape index (κ3) is 7.15. The molecule has 4 aromatic rings. The maximum Gasteiger partial charge on any atom is 0.407 e. The molecule has 0 aliphatic carbocycles. The number of carbonyl (C=O) groups is 2. The van der Waals surface area contributed by atoms with Crippen molar-refractivity contribution in [2.45, 2.75) is 64.6 Å². The average molecular weight is 644 g/mol. The molecule has 246 valence electrons. The number of nitrogens with one attached hydrogen (secondary N) is 4. The summed E-state index contributed by atoms with van der Waals surface area (Å²) in [4.78, 5) is 43.4. The molecule has 0 spiro atoms. The zero-order chi connectivity index (χ0) is 33.6. The monoisotopic (exact) mass is 643 g/mol. The van der Waals surface area contributed by atoms with E-state index in [4.69, 9.17) is 9.72 Å². The minimum absolute atomic E-state index is 0.102. The first-order chi connectivity index (χ1) is 23.3. The van der Waals surface area contributed by atoms with Crippen molar-refractivity contribution in [3.8, 4) is 46.1 Å². The Labute approximate surface area is 281 Å². The number of hydrogen-bond acceptors (Lipinski definition) is 6. The van der Waals surface area contributed by atoms with Crippen LogP contribution < -0.4 is 10.6 Å². The molecule has 0 bridgehead atoms. The van der Waals surface area contributed by atoms with Crippen molar-refractivity contribution < 1.29 is 14.3 Å². The van der Waals surface area contributed by atoms with Crippen LogP contribution in [0, 0.1) is 36.5 Å². The fourth-order valence-electron chi connectivity index (χ4n) is 6.46. The molecule has 3 atom stereocenters. The highest BCUT2D eigenvalue weighted by Crippen LogP contribution is 2.35. The van der Waals surface area contributed by atoms with Crippen LogP contribution in [0.15, 0.2) is 54.9 Å². The minimum atomic E-state index is -0.686. The highest BCUT2D eigenvalue weighted by Gasteiger charge is 2.37. The summed E-state index contributed by atoms with van der Waals surface area (Å²) in [6.07, 6.45) is 6.82. The van der Waals surface area contributed by atoms with E-state index in [0.717, 1.165) is 83.1 Å². The van der Waals surface area contributed by atoms with Crippen molar-refractivity contribution in [2.24, 2.45) is 5.92 Å². The molecule has 2 aromatic carbocycles. The van der Waals surface area contributed by atoms with Crippen LogP contribution in [0.5, 0.6) is 0 Å². The third-order valence-corrected chi connectivity index (χ3v) is 9.05. The normalized spacial score (nSPS) is 17.7. The van der Waals surface area contributed by atoms with Crippen LogP contribution in [0.3, 0.4) is 0 Å². The Morgan fingerprint density at radius 1 is 0.979 bits per heavy atom. The van der Waals surface area contributed by atoms with E-state index < -0.39 is 12.1 Å². The van der Waals surface area contributed by atoms with Gasteiger partial charge in [-0.1, -0.05) is 50.1 Å². The van der Waals surface area contributed by atoms with Gasteiger partial charge in [0.25, 0.3) is 0 Å². The lowest BCUT2D eigenvalue weighted by molar-refractivity contribution is -0.135. The van der Waals surface area contributed by atoms with E-state index in [9.17, 15) is 9.59 Å². The summed E-state index contributed by atoms with van der Waals surface area (Å²) in [5, 5.41) is 6.15. The predicted molar refractivity (Wildman–Crippen MR) is 184 cm³/mol. The largest absolute Gasteiger partial charge is 0.453 e. The number of imidazole rings is 2. The number of nitrogens with zero attached hydrogens (tertiary/aromatic N) is 3. The summed E-state index contributed by atoms with van der Waals surface area (Å²) >= 11 is 0. The Morgan fingerprint density at radius 2 is 1.79 bits per heavy atom. The van der Waals surface area contributed by atoms with E-state index in [1.165, 1.54) is 7.11 Å². The van der Waals surface area contributed by atoms with E-state index in [2.05, 4.69) is 74.4 Å². The van der Waals surface area contributed by atoms with Crippen molar-refractivity contribution >= 4 is 12.0 Å². The van der Waals surface area contributed by atoms with Gasteiger partial charge in [0.2, 0.25) is 5.91 Å². The lowest BCUT2D eigenvalue weighted by atomic mass is 9.94. The minimum Gasteiger partial charge on any atom is -0.453 e. The molecular weight excluding hydrogens is 602 g/mol. The van der Waals surface area contributed by atoms with Gasteiger partial charge in [0.15, 0.2) is 0 Å². The van der Waals surface area contributed by atoms with Crippen LogP contribution >= 0.6 is 0 Å². The van der Waals surface area contributed by atoms with Crippen molar-refractivity contribution in [2.75, 3.05) is 20.2 Å². The second-order valence-electron chi connectivity index (χ2n) is 12.6. The molecule has 4 heterocycles. The van der Waals surface area contributed by atoms with Crippen molar-refractivity contribution in [3.63, 3.8) is 0 Å². The zero-order valence-electron chi connectivity index (χ0n) is 27.8. The van der Waals surface area contributed by atoms with E-state index in [-0.39, 0.29) is 23.9 Å². The Bertz CT molecular complexity index is 1910. The number of methoxy groups -OCH3 is 1. The molecule has 48 heavy (non-hydrogen) atoms. The highest BCUT2D eigenvalue weighted by atomic mass is 16.5. The van der Waals surface area contributed by atoms with Gasteiger partial charge in [-0.3, -0.25) is 4.79 Å².